The van der Waals surface area contributed by atoms with Crippen LogP contribution in [0.25, 0.3) is 22.4 Å². The fourth-order valence-corrected chi connectivity index (χ4v) is 5.22. The van der Waals surface area contributed by atoms with Crippen LogP contribution >= 0.6 is 0 Å². The molecule has 2 fully saturated rings. The molecule has 2 saturated heterocycles. The summed E-state index contributed by atoms with van der Waals surface area (Å²) < 4.78 is 5.57. The molecule has 2 N–H and O–H groups in total. The normalized spacial score (nSPS) is 16.4. The summed E-state index contributed by atoms with van der Waals surface area (Å²) in [6.07, 6.45) is 9.59. The van der Waals surface area contributed by atoms with Crippen LogP contribution in [0, 0.1) is 0 Å². The molecule has 2 aromatic heterocycles. The minimum Gasteiger partial charge on any atom is -0.378 e. The fourth-order valence-electron chi connectivity index (χ4n) is 5.22. The van der Waals surface area contributed by atoms with Crippen molar-refractivity contribution in [1.82, 2.24) is 19.9 Å². The minimum atomic E-state index is 0.263. The molecule has 0 amide bonds. The zero-order valence-electron chi connectivity index (χ0n) is 23.4. The molecule has 2 aliphatic heterocycles. The molecule has 8 heteroatoms. The van der Waals surface area contributed by atoms with Crippen LogP contribution in [0.2, 0.25) is 0 Å². The number of ether oxygens (including phenoxy) is 1. The van der Waals surface area contributed by atoms with E-state index in [0.29, 0.717) is 13.2 Å². The van der Waals surface area contributed by atoms with Gasteiger partial charge in [-0.15, -0.1) is 0 Å². The number of anilines is 3. The van der Waals surface area contributed by atoms with E-state index in [4.69, 9.17) is 15.5 Å². The van der Waals surface area contributed by atoms with Crippen LogP contribution in [0.1, 0.15) is 33.1 Å². The predicted molar refractivity (Wildman–Crippen MR) is 160 cm³/mol. The number of aromatic nitrogens is 3. The first-order valence-corrected chi connectivity index (χ1v) is 14.2. The Labute approximate surface area is 232 Å². The molecule has 206 valence electrons. The van der Waals surface area contributed by atoms with Gasteiger partial charge in [-0.2, -0.15) is 0 Å². The Bertz CT molecular complexity index is 1220. The summed E-state index contributed by atoms with van der Waals surface area (Å²) in [5.74, 6) is 1.21. The fraction of sp³-hybridized carbons (Fsp3) is 0.452. The van der Waals surface area contributed by atoms with Gasteiger partial charge in [-0.3, -0.25) is 4.90 Å². The SMILES string of the molecule is CC(C)=CCCCCN1CCN(c2ccc(-c3cc(-c4cnc(N)nc4)nc(N4CCOCC4)c3)cc2)CC1. The summed E-state index contributed by atoms with van der Waals surface area (Å²) in [6, 6.07) is 13.3. The van der Waals surface area contributed by atoms with Gasteiger partial charge in [0.05, 0.1) is 18.9 Å². The zero-order valence-corrected chi connectivity index (χ0v) is 23.4. The van der Waals surface area contributed by atoms with Gasteiger partial charge in [0.2, 0.25) is 5.95 Å². The molecule has 0 unspecified atom stereocenters. The third-order valence-corrected chi connectivity index (χ3v) is 7.53. The van der Waals surface area contributed by atoms with E-state index in [2.05, 4.69) is 81.0 Å². The van der Waals surface area contributed by atoms with Gasteiger partial charge in [0.25, 0.3) is 0 Å². The molecule has 8 nitrogen and oxygen atoms in total. The molecular formula is C31H41N7O. The van der Waals surface area contributed by atoms with E-state index in [9.17, 15) is 0 Å². The van der Waals surface area contributed by atoms with Gasteiger partial charge >= 0.3 is 0 Å². The van der Waals surface area contributed by atoms with Crippen molar-refractivity contribution >= 4 is 17.5 Å². The quantitative estimate of drug-likeness (QED) is 0.311. The Morgan fingerprint density at radius 1 is 0.846 bits per heavy atom. The summed E-state index contributed by atoms with van der Waals surface area (Å²) in [6.45, 7) is 13.1. The average molecular weight is 528 g/mol. The van der Waals surface area contributed by atoms with Gasteiger partial charge in [-0.05, 0) is 75.0 Å². The third-order valence-electron chi connectivity index (χ3n) is 7.53. The smallest absolute Gasteiger partial charge is 0.219 e. The van der Waals surface area contributed by atoms with Crippen LogP contribution < -0.4 is 15.5 Å². The highest BCUT2D eigenvalue weighted by Gasteiger charge is 2.18. The lowest BCUT2D eigenvalue weighted by atomic mass is 10.0. The van der Waals surface area contributed by atoms with Crippen molar-refractivity contribution in [3.05, 3.63) is 60.4 Å². The standard InChI is InChI=1S/C31H41N7O/c1-24(2)6-4-3-5-11-36-12-14-37(15-13-36)28-9-7-25(8-10-28)26-20-29(27-22-33-31(32)34-23-27)35-30(21-26)38-16-18-39-19-17-38/h6-10,20-23H,3-5,11-19H2,1-2H3,(H2,32,33,34). The molecule has 2 aliphatic rings. The van der Waals surface area contributed by atoms with E-state index in [0.717, 1.165) is 61.9 Å². The number of benzene rings is 1. The number of unbranched alkanes of at least 4 members (excludes halogenated alkanes) is 2. The van der Waals surface area contributed by atoms with Crippen molar-refractivity contribution in [2.24, 2.45) is 0 Å². The molecule has 0 bridgehead atoms. The van der Waals surface area contributed by atoms with Crippen LogP contribution in [0.3, 0.4) is 0 Å². The Hall–Kier alpha value is -3.49. The monoisotopic (exact) mass is 527 g/mol. The molecule has 0 atom stereocenters. The van der Waals surface area contributed by atoms with Crippen molar-refractivity contribution in [3.8, 4) is 22.4 Å². The van der Waals surface area contributed by atoms with Crippen LogP contribution in [0.5, 0.6) is 0 Å². The number of morpholine rings is 1. The predicted octanol–water partition coefficient (Wildman–Crippen LogP) is 4.88. The van der Waals surface area contributed by atoms with Crippen LogP contribution in [-0.2, 0) is 4.74 Å². The van der Waals surface area contributed by atoms with Crippen LogP contribution in [0.15, 0.2) is 60.4 Å². The molecule has 0 aliphatic carbocycles. The molecule has 4 heterocycles. The molecular weight excluding hydrogens is 486 g/mol. The average Bonchev–Trinajstić information content (AvgIpc) is 2.98. The molecule has 0 radical (unpaired) electrons. The minimum absolute atomic E-state index is 0.263. The molecule has 5 rings (SSSR count). The van der Waals surface area contributed by atoms with Gasteiger partial charge in [0.15, 0.2) is 0 Å². The van der Waals surface area contributed by atoms with Gasteiger partial charge in [0, 0.05) is 62.9 Å². The summed E-state index contributed by atoms with van der Waals surface area (Å²) in [7, 11) is 0. The molecule has 0 spiro atoms. The van der Waals surface area contributed by atoms with Crippen LogP contribution in [0.4, 0.5) is 17.5 Å². The van der Waals surface area contributed by atoms with Gasteiger partial charge in [0.1, 0.15) is 5.82 Å². The Morgan fingerprint density at radius 2 is 1.56 bits per heavy atom. The number of nitrogen functional groups attached to an aromatic ring is 1. The van der Waals surface area contributed by atoms with Gasteiger partial charge < -0.3 is 20.3 Å². The first-order chi connectivity index (χ1) is 19.0. The number of nitrogens with two attached hydrogens (primary N) is 1. The summed E-state index contributed by atoms with van der Waals surface area (Å²) in [4.78, 5) is 20.7. The largest absolute Gasteiger partial charge is 0.378 e. The van der Waals surface area contributed by atoms with E-state index in [1.54, 1.807) is 12.4 Å². The zero-order chi connectivity index (χ0) is 27.0. The van der Waals surface area contributed by atoms with E-state index < -0.39 is 0 Å². The molecule has 0 saturated carbocycles. The van der Waals surface area contributed by atoms with Crippen molar-refractivity contribution in [2.45, 2.75) is 33.1 Å². The number of rotatable bonds is 9. The topological polar surface area (TPSA) is 83.6 Å². The Kier molecular flexibility index (Phi) is 9.06. The Morgan fingerprint density at radius 3 is 2.26 bits per heavy atom. The van der Waals surface area contributed by atoms with E-state index in [1.165, 1.54) is 42.6 Å². The van der Waals surface area contributed by atoms with Crippen molar-refractivity contribution < 1.29 is 4.74 Å². The second kappa shape index (κ2) is 13.0. The lowest BCUT2D eigenvalue weighted by molar-refractivity contribution is 0.122. The number of nitrogens with zero attached hydrogens (tertiary/aromatic N) is 6. The van der Waals surface area contributed by atoms with Crippen molar-refractivity contribution in [1.29, 1.82) is 0 Å². The maximum Gasteiger partial charge on any atom is 0.219 e. The van der Waals surface area contributed by atoms with E-state index in [1.807, 2.05) is 0 Å². The van der Waals surface area contributed by atoms with Crippen molar-refractivity contribution in [3.63, 3.8) is 0 Å². The van der Waals surface area contributed by atoms with Gasteiger partial charge in [-0.1, -0.05) is 23.8 Å². The Balaban J connectivity index is 1.26. The lowest BCUT2D eigenvalue weighted by Crippen LogP contribution is -2.46. The summed E-state index contributed by atoms with van der Waals surface area (Å²) in [5.41, 5.74) is 12.4. The number of hydrogen-bond donors (Lipinski definition) is 1. The molecule has 3 aromatic rings. The maximum atomic E-state index is 5.72. The highest BCUT2D eigenvalue weighted by molar-refractivity contribution is 5.75. The number of piperazine rings is 1. The summed E-state index contributed by atoms with van der Waals surface area (Å²) in [5, 5.41) is 0. The molecule has 39 heavy (non-hydrogen) atoms. The summed E-state index contributed by atoms with van der Waals surface area (Å²) >= 11 is 0. The van der Waals surface area contributed by atoms with E-state index >= 15 is 0 Å². The highest BCUT2D eigenvalue weighted by Crippen LogP contribution is 2.31. The second-order valence-corrected chi connectivity index (χ2v) is 10.7. The first-order valence-electron chi connectivity index (χ1n) is 14.2. The van der Waals surface area contributed by atoms with E-state index in [-0.39, 0.29) is 5.95 Å². The lowest BCUT2D eigenvalue weighted by Gasteiger charge is -2.36. The maximum absolute atomic E-state index is 5.72. The second-order valence-electron chi connectivity index (χ2n) is 10.7. The number of allylic oxidation sites excluding steroid dienone is 2. The first kappa shape index (κ1) is 27.1. The number of hydrogen-bond acceptors (Lipinski definition) is 8. The van der Waals surface area contributed by atoms with Crippen LogP contribution in [-0.4, -0.2) is 78.9 Å². The highest BCUT2D eigenvalue weighted by atomic mass is 16.5. The van der Waals surface area contributed by atoms with Gasteiger partial charge in [-0.25, -0.2) is 15.0 Å². The third kappa shape index (κ3) is 7.34. The molecule has 1 aromatic carbocycles. The van der Waals surface area contributed by atoms with Crippen molar-refractivity contribution in [2.75, 3.05) is 74.6 Å². The number of pyridine rings is 1.